The van der Waals surface area contributed by atoms with Crippen LogP contribution in [0, 0.1) is 18.8 Å². The van der Waals surface area contributed by atoms with Gasteiger partial charge in [-0.05, 0) is 43.7 Å². The maximum atomic E-state index is 5.77. The molecule has 3 rings (SSSR count). The Morgan fingerprint density at radius 2 is 1.57 bits per heavy atom. The second-order valence-electron chi connectivity index (χ2n) is 5.23. The first-order valence-electron chi connectivity index (χ1n) is 7.30. The van der Waals surface area contributed by atoms with Crippen LogP contribution in [0.25, 0.3) is 0 Å². The molecule has 1 heterocycles. The van der Waals surface area contributed by atoms with Crippen LogP contribution in [-0.2, 0) is 0 Å². The van der Waals surface area contributed by atoms with Gasteiger partial charge in [0.2, 0.25) is 6.29 Å². The van der Waals surface area contributed by atoms with Gasteiger partial charge in [0, 0.05) is 17.5 Å². The second kappa shape index (κ2) is 5.93. The van der Waals surface area contributed by atoms with Crippen molar-refractivity contribution in [1.82, 2.24) is 0 Å². The average Bonchev–Trinajstić information content (AvgIpc) is 2.88. The van der Waals surface area contributed by atoms with E-state index in [4.69, 9.17) is 9.47 Å². The molecule has 0 bridgehead atoms. The second-order valence-corrected chi connectivity index (χ2v) is 5.23. The highest BCUT2D eigenvalue weighted by Gasteiger charge is 2.23. The van der Waals surface area contributed by atoms with Crippen molar-refractivity contribution in [2.24, 2.45) is 0 Å². The molecule has 2 aromatic rings. The van der Waals surface area contributed by atoms with Gasteiger partial charge in [0.25, 0.3) is 0 Å². The number of aryl methyl sites for hydroxylation is 1. The average molecular weight is 278 g/mol. The number of benzene rings is 2. The minimum absolute atomic E-state index is 0.148. The van der Waals surface area contributed by atoms with E-state index >= 15 is 0 Å². The van der Waals surface area contributed by atoms with E-state index in [0.717, 1.165) is 35.5 Å². The smallest absolute Gasteiger partial charge is 0.241 e. The fraction of sp³-hybridized carbons (Fsp3) is 0.263. The maximum absolute atomic E-state index is 5.77. The van der Waals surface area contributed by atoms with Gasteiger partial charge in [0.05, 0.1) is 0 Å². The lowest BCUT2D eigenvalue weighted by atomic mass is 10.1. The van der Waals surface area contributed by atoms with Crippen LogP contribution in [0.15, 0.2) is 42.5 Å². The molecule has 0 radical (unpaired) electrons. The molecule has 0 aromatic heterocycles. The van der Waals surface area contributed by atoms with Crippen molar-refractivity contribution < 1.29 is 9.47 Å². The van der Waals surface area contributed by atoms with Crippen molar-refractivity contribution in [2.45, 2.75) is 33.0 Å². The molecule has 106 valence electrons. The maximum Gasteiger partial charge on any atom is 0.241 e. The van der Waals surface area contributed by atoms with E-state index in [9.17, 15) is 0 Å². The van der Waals surface area contributed by atoms with Gasteiger partial charge in [-0.15, -0.1) is 0 Å². The summed E-state index contributed by atoms with van der Waals surface area (Å²) in [5, 5.41) is 0. The van der Waals surface area contributed by atoms with Crippen LogP contribution >= 0.6 is 0 Å². The quantitative estimate of drug-likeness (QED) is 0.763. The van der Waals surface area contributed by atoms with Crippen LogP contribution in [0.5, 0.6) is 11.5 Å². The van der Waals surface area contributed by atoms with Gasteiger partial charge < -0.3 is 9.47 Å². The van der Waals surface area contributed by atoms with Gasteiger partial charge in [-0.1, -0.05) is 36.5 Å². The molecule has 0 aliphatic carbocycles. The Bertz CT molecular complexity index is 690. The minimum atomic E-state index is -0.148. The van der Waals surface area contributed by atoms with Crippen molar-refractivity contribution in [1.29, 1.82) is 0 Å². The predicted octanol–water partition coefficient (Wildman–Crippen LogP) is 4.29. The highest BCUT2D eigenvalue weighted by atomic mass is 16.7. The fourth-order valence-electron chi connectivity index (χ4n) is 2.22. The Hall–Kier alpha value is -2.40. The summed E-state index contributed by atoms with van der Waals surface area (Å²) in [6.07, 6.45) is 1.79. The molecule has 2 aromatic carbocycles. The number of ether oxygens (including phenoxy) is 2. The van der Waals surface area contributed by atoms with Crippen LogP contribution in [-0.4, -0.2) is 6.29 Å². The highest BCUT2D eigenvalue weighted by Crippen LogP contribution is 2.36. The Balaban J connectivity index is 1.77. The van der Waals surface area contributed by atoms with E-state index in [0.29, 0.717) is 0 Å². The van der Waals surface area contributed by atoms with Crippen molar-refractivity contribution in [3.63, 3.8) is 0 Å². The first kappa shape index (κ1) is 13.6. The zero-order chi connectivity index (χ0) is 14.7. The molecule has 1 atom stereocenters. The number of fused-ring (bicyclic) bond motifs is 1. The van der Waals surface area contributed by atoms with E-state index < -0.39 is 0 Å². The number of rotatable bonds is 2. The normalized spacial score (nSPS) is 15.4. The molecular weight excluding hydrogens is 260 g/mol. The summed E-state index contributed by atoms with van der Waals surface area (Å²) >= 11 is 0. The summed E-state index contributed by atoms with van der Waals surface area (Å²) < 4.78 is 11.5. The molecule has 1 aliphatic rings. The molecule has 0 amide bonds. The zero-order valence-corrected chi connectivity index (χ0v) is 12.3. The lowest BCUT2D eigenvalue weighted by Gasteiger charge is -2.07. The topological polar surface area (TPSA) is 18.5 Å². The summed E-state index contributed by atoms with van der Waals surface area (Å²) in [6.45, 7) is 4.19. The number of hydrogen-bond acceptors (Lipinski definition) is 2. The molecule has 0 saturated carbocycles. The van der Waals surface area contributed by atoms with Crippen molar-refractivity contribution in [3.05, 3.63) is 59.2 Å². The first-order valence-corrected chi connectivity index (χ1v) is 7.30. The minimum Gasteiger partial charge on any atom is -0.451 e. The fourth-order valence-corrected chi connectivity index (χ4v) is 2.22. The third-order valence-corrected chi connectivity index (χ3v) is 3.39. The van der Waals surface area contributed by atoms with Gasteiger partial charge in [0.1, 0.15) is 0 Å². The first-order chi connectivity index (χ1) is 10.2. The number of hydrogen-bond donors (Lipinski definition) is 0. The molecule has 0 fully saturated rings. The van der Waals surface area contributed by atoms with Gasteiger partial charge >= 0.3 is 0 Å². The molecule has 21 heavy (non-hydrogen) atoms. The van der Waals surface area contributed by atoms with Crippen LogP contribution < -0.4 is 9.47 Å². The van der Waals surface area contributed by atoms with Gasteiger partial charge in [-0.3, -0.25) is 0 Å². The third-order valence-electron chi connectivity index (χ3n) is 3.39. The molecule has 0 N–H and O–H groups in total. The van der Waals surface area contributed by atoms with Gasteiger partial charge in [0.15, 0.2) is 11.5 Å². The van der Waals surface area contributed by atoms with E-state index in [1.54, 1.807) is 0 Å². The Morgan fingerprint density at radius 3 is 2.33 bits per heavy atom. The largest absolute Gasteiger partial charge is 0.451 e. The summed E-state index contributed by atoms with van der Waals surface area (Å²) in [5.74, 6) is 7.95. The van der Waals surface area contributed by atoms with E-state index in [1.807, 2.05) is 30.3 Å². The summed E-state index contributed by atoms with van der Waals surface area (Å²) in [4.78, 5) is 0. The van der Waals surface area contributed by atoms with E-state index in [2.05, 4.69) is 37.8 Å². The zero-order valence-electron chi connectivity index (χ0n) is 12.3. The summed E-state index contributed by atoms with van der Waals surface area (Å²) in [7, 11) is 0. The Kier molecular flexibility index (Phi) is 3.83. The molecule has 0 spiro atoms. The lowest BCUT2D eigenvalue weighted by Crippen LogP contribution is -2.16. The van der Waals surface area contributed by atoms with Gasteiger partial charge in [-0.25, -0.2) is 0 Å². The molecule has 1 aliphatic heterocycles. The standard InChI is InChI=1S/C19H18O2/c1-3-4-19-20-17-12-11-16(13-18(17)21-19)10-9-15-7-5-14(2)6-8-15/h5-8,11-13,19H,3-4H2,1-2H3. The van der Waals surface area contributed by atoms with Crippen molar-refractivity contribution in [2.75, 3.05) is 0 Å². The monoisotopic (exact) mass is 278 g/mol. The van der Waals surface area contributed by atoms with Crippen LogP contribution in [0.1, 0.15) is 36.5 Å². The van der Waals surface area contributed by atoms with Crippen molar-refractivity contribution >= 4 is 0 Å². The van der Waals surface area contributed by atoms with Gasteiger partial charge in [-0.2, -0.15) is 0 Å². The summed E-state index contributed by atoms with van der Waals surface area (Å²) in [6, 6.07) is 14.1. The molecule has 2 nitrogen and oxygen atoms in total. The van der Waals surface area contributed by atoms with Crippen molar-refractivity contribution in [3.8, 4) is 23.3 Å². The molecule has 1 unspecified atom stereocenters. The van der Waals surface area contributed by atoms with Crippen LogP contribution in [0.3, 0.4) is 0 Å². The predicted molar refractivity (Wildman–Crippen MR) is 83.6 cm³/mol. The highest BCUT2D eigenvalue weighted by molar-refractivity contribution is 5.51. The Morgan fingerprint density at radius 1 is 0.905 bits per heavy atom. The third kappa shape index (κ3) is 3.20. The summed E-state index contributed by atoms with van der Waals surface area (Å²) in [5.41, 5.74) is 3.20. The SMILES string of the molecule is CCCC1Oc2ccc(C#Cc3ccc(C)cc3)cc2O1. The van der Waals surface area contributed by atoms with E-state index in [-0.39, 0.29) is 6.29 Å². The Labute approximate surface area is 125 Å². The van der Waals surface area contributed by atoms with Crippen LogP contribution in [0.4, 0.5) is 0 Å². The lowest BCUT2D eigenvalue weighted by molar-refractivity contribution is 0.0413. The molecular formula is C19H18O2. The van der Waals surface area contributed by atoms with Crippen LogP contribution in [0.2, 0.25) is 0 Å². The molecule has 2 heteroatoms. The van der Waals surface area contributed by atoms with E-state index in [1.165, 1.54) is 5.56 Å². The molecule has 0 saturated heterocycles.